The normalized spacial score (nSPS) is 15.3. The van der Waals surface area contributed by atoms with Crippen LogP contribution in [0.4, 0.5) is 10.5 Å². The first-order valence-electron chi connectivity index (χ1n) is 14.0. The maximum absolute atomic E-state index is 14.6. The largest absolute Gasteiger partial charge is 0.493 e. The number of rotatable bonds is 9. The summed E-state index contributed by atoms with van der Waals surface area (Å²) in [6, 6.07) is 15.5. The van der Waals surface area contributed by atoms with Crippen molar-refractivity contribution in [3.63, 3.8) is 0 Å². The van der Waals surface area contributed by atoms with Crippen LogP contribution < -0.4 is 13.8 Å². The Morgan fingerprint density at radius 3 is 2.16 bits per heavy atom. The van der Waals surface area contributed by atoms with E-state index in [9.17, 15) is 22.8 Å². The number of Topliss-reactive ketones (excluding diaryl/α,β-unsaturated/α-hetero) is 2. The van der Waals surface area contributed by atoms with Crippen LogP contribution in [0.1, 0.15) is 54.3 Å². The van der Waals surface area contributed by atoms with E-state index >= 15 is 0 Å². The number of hydrogen-bond acceptors (Lipinski definition) is 8. The molecule has 0 aromatic heterocycles. The van der Waals surface area contributed by atoms with Gasteiger partial charge in [0.25, 0.3) is 10.0 Å². The Kier molecular flexibility index (Phi) is 9.90. The van der Waals surface area contributed by atoms with Crippen LogP contribution in [0, 0.1) is 0 Å². The molecule has 0 bridgehead atoms. The van der Waals surface area contributed by atoms with Gasteiger partial charge in [-0.25, -0.2) is 13.2 Å². The summed E-state index contributed by atoms with van der Waals surface area (Å²) in [5.74, 6) is -1.70. The van der Waals surface area contributed by atoms with E-state index in [1.165, 1.54) is 67.7 Å². The van der Waals surface area contributed by atoms with Crippen molar-refractivity contribution in [2.45, 2.75) is 50.2 Å². The maximum atomic E-state index is 14.6. The van der Waals surface area contributed by atoms with Crippen molar-refractivity contribution in [1.82, 2.24) is 4.90 Å². The molecular weight excluding hydrogens is 608 g/mol. The molecule has 1 amide bonds. The summed E-state index contributed by atoms with van der Waals surface area (Å²) in [6.07, 6.45) is 0.168. The third kappa shape index (κ3) is 7.00. The molecule has 12 heteroatoms. The fraction of sp³-hybridized carbons (Fsp3) is 0.344. The second-order valence-corrected chi connectivity index (χ2v) is 13.5. The number of hydrogen-bond donors (Lipinski definition) is 0. The molecule has 4 rings (SSSR count). The van der Waals surface area contributed by atoms with Crippen LogP contribution >= 0.6 is 11.6 Å². The number of methoxy groups -OCH3 is 2. The summed E-state index contributed by atoms with van der Waals surface area (Å²) < 4.78 is 47.0. The van der Waals surface area contributed by atoms with Gasteiger partial charge >= 0.3 is 6.09 Å². The van der Waals surface area contributed by atoms with Gasteiger partial charge in [0.15, 0.2) is 11.5 Å². The average molecular weight is 643 g/mol. The average Bonchev–Trinajstić information content (AvgIpc) is 3.00. The zero-order valence-corrected chi connectivity index (χ0v) is 26.8. The lowest BCUT2D eigenvalue weighted by Crippen LogP contribution is -2.53. The molecule has 234 valence electrons. The highest BCUT2D eigenvalue weighted by atomic mass is 35.5. The van der Waals surface area contributed by atoms with Gasteiger partial charge in [-0.3, -0.25) is 13.9 Å². The number of carbonyl (C=O) groups is 3. The van der Waals surface area contributed by atoms with Gasteiger partial charge in [-0.1, -0.05) is 41.9 Å². The quantitative estimate of drug-likeness (QED) is 0.205. The summed E-state index contributed by atoms with van der Waals surface area (Å²) in [5, 5.41) is 0.326. The van der Waals surface area contributed by atoms with E-state index in [2.05, 4.69) is 0 Å². The lowest BCUT2D eigenvalue weighted by molar-refractivity contribution is 0.0201. The predicted octanol–water partition coefficient (Wildman–Crippen LogP) is 6.02. The van der Waals surface area contributed by atoms with E-state index in [1.54, 1.807) is 39.0 Å². The SMILES string of the molecule is COc1ccc(C(=O)C(=O)c2ccccc2)c(N(C2CCCN(C(=O)OC(C)(C)C)C2)S(=O)(=O)c2ccc(Cl)cc2)c1OC. The van der Waals surface area contributed by atoms with Gasteiger partial charge in [-0.05, 0) is 70.0 Å². The molecule has 3 aromatic carbocycles. The van der Waals surface area contributed by atoms with Crippen LogP contribution in [0.3, 0.4) is 0 Å². The third-order valence-electron chi connectivity index (χ3n) is 6.98. The Morgan fingerprint density at radius 2 is 1.57 bits per heavy atom. The second-order valence-electron chi connectivity index (χ2n) is 11.2. The zero-order valence-electron chi connectivity index (χ0n) is 25.2. The molecule has 1 fully saturated rings. The zero-order chi connectivity index (χ0) is 32.2. The highest BCUT2D eigenvalue weighted by molar-refractivity contribution is 7.92. The molecule has 0 spiro atoms. The van der Waals surface area contributed by atoms with Crippen LogP contribution in [0.15, 0.2) is 71.6 Å². The van der Waals surface area contributed by atoms with Crippen molar-refractivity contribution in [1.29, 1.82) is 0 Å². The van der Waals surface area contributed by atoms with E-state index < -0.39 is 39.3 Å². The van der Waals surface area contributed by atoms with E-state index in [4.69, 9.17) is 25.8 Å². The number of nitrogens with zero attached hydrogens (tertiary/aromatic N) is 2. The molecule has 1 unspecified atom stereocenters. The molecular formula is C32H35ClN2O8S. The smallest absolute Gasteiger partial charge is 0.410 e. The Bertz CT molecular complexity index is 1640. The van der Waals surface area contributed by atoms with Crippen LogP contribution in [-0.4, -0.2) is 69.9 Å². The number of carbonyl (C=O) groups excluding carboxylic acids is 3. The molecule has 1 heterocycles. The lowest BCUT2D eigenvalue weighted by atomic mass is 9.98. The van der Waals surface area contributed by atoms with Crippen molar-refractivity contribution >= 4 is 45.0 Å². The van der Waals surface area contributed by atoms with Crippen molar-refractivity contribution in [3.8, 4) is 11.5 Å². The Labute approximate surface area is 262 Å². The number of anilines is 1. The Morgan fingerprint density at radius 1 is 0.909 bits per heavy atom. The highest BCUT2D eigenvalue weighted by Crippen LogP contribution is 2.45. The second kappa shape index (κ2) is 13.3. The first-order valence-corrected chi connectivity index (χ1v) is 15.8. The minimum atomic E-state index is -4.46. The van der Waals surface area contributed by atoms with Gasteiger partial charge in [0, 0.05) is 23.7 Å². The summed E-state index contributed by atoms with van der Waals surface area (Å²) in [5.41, 5.74) is -1.01. The first kappa shape index (κ1) is 32.8. The fourth-order valence-electron chi connectivity index (χ4n) is 5.01. The molecule has 1 saturated heterocycles. The summed E-state index contributed by atoms with van der Waals surface area (Å²) in [6.45, 7) is 5.52. The topological polar surface area (TPSA) is 120 Å². The summed E-state index contributed by atoms with van der Waals surface area (Å²) >= 11 is 6.08. The lowest BCUT2D eigenvalue weighted by Gasteiger charge is -2.40. The van der Waals surface area contributed by atoms with Crippen molar-refractivity contribution < 1.29 is 37.0 Å². The predicted molar refractivity (Wildman–Crippen MR) is 167 cm³/mol. The molecule has 44 heavy (non-hydrogen) atoms. The minimum Gasteiger partial charge on any atom is -0.493 e. The molecule has 1 atom stereocenters. The molecule has 10 nitrogen and oxygen atoms in total. The van der Waals surface area contributed by atoms with E-state index in [0.717, 1.165) is 4.31 Å². The van der Waals surface area contributed by atoms with Crippen LogP contribution in [0.25, 0.3) is 0 Å². The molecule has 0 N–H and O–H groups in total. The molecule has 0 saturated carbocycles. The Hall–Kier alpha value is -4.09. The van der Waals surface area contributed by atoms with E-state index in [-0.39, 0.29) is 39.8 Å². The van der Waals surface area contributed by atoms with E-state index in [1.807, 2.05) is 0 Å². The monoisotopic (exact) mass is 642 g/mol. The van der Waals surface area contributed by atoms with E-state index in [0.29, 0.717) is 24.4 Å². The van der Waals surface area contributed by atoms with Crippen molar-refractivity contribution in [2.24, 2.45) is 0 Å². The third-order valence-corrected chi connectivity index (χ3v) is 9.10. The molecule has 1 aliphatic rings. The summed E-state index contributed by atoms with van der Waals surface area (Å²) in [7, 11) is -1.77. The number of ketones is 2. The standard InChI is InChI=1S/C32H35ClN2O8S/c1-32(2,3)43-31(38)34-19-9-12-23(20-34)35(44(39,40)24-15-13-22(33)14-16-24)27-25(17-18-26(41-4)30(27)42-5)29(37)28(36)21-10-7-6-8-11-21/h6-8,10-11,13-18,23H,9,12,19-20H2,1-5H3. The molecule has 3 aromatic rings. The van der Waals surface area contributed by atoms with Gasteiger partial charge in [-0.15, -0.1) is 0 Å². The van der Waals surface area contributed by atoms with Gasteiger partial charge in [-0.2, -0.15) is 0 Å². The molecule has 1 aliphatic heterocycles. The summed E-state index contributed by atoms with van der Waals surface area (Å²) in [4.78, 5) is 41.7. The fourth-order valence-corrected chi connectivity index (χ4v) is 6.83. The number of amides is 1. The number of ether oxygens (including phenoxy) is 3. The highest BCUT2D eigenvalue weighted by Gasteiger charge is 2.41. The Balaban J connectivity index is 1.95. The number of piperidine rings is 1. The van der Waals surface area contributed by atoms with Gasteiger partial charge in [0.1, 0.15) is 11.3 Å². The van der Waals surface area contributed by atoms with Crippen LogP contribution in [-0.2, 0) is 14.8 Å². The van der Waals surface area contributed by atoms with Crippen LogP contribution in [0.5, 0.6) is 11.5 Å². The van der Waals surface area contributed by atoms with Gasteiger partial charge < -0.3 is 19.1 Å². The minimum absolute atomic E-state index is 0.0532. The number of sulfonamides is 1. The maximum Gasteiger partial charge on any atom is 0.410 e. The van der Waals surface area contributed by atoms with Gasteiger partial charge in [0.2, 0.25) is 11.6 Å². The molecule has 0 aliphatic carbocycles. The van der Waals surface area contributed by atoms with Gasteiger partial charge in [0.05, 0.1) is 30.7 Å². The number of halogens is 1. The molecule has 0 radical (unpaired) electrons. The first-order chi connectivity index (χ1) is 20.8. The van der Waals surface area contributed by atoms with Crippen LogP contribution in [0.2, 0.25) is 5.02 Å². The number of likely N-dealkylation sites (tertiary alicyclic amines) is 1. The number of benzene rings is 3. The van der Waals surface area contributed by atoms with Crippen molar-refractivity contribution in [2.75, 3.05) is 31.6 Å². The van der Waals surface area contributed by atoms with Crippen molar-refractivity contribution in [3.05, 3.63) is 82.9 Å².